The average Bonchev–Trinajstić information content (AvgIpc) is 2.99. The van der Waals surface area contributed by atoms with Gasteiger partial charge in [-0.05, 0) is 35.4 Å². The molecule has 0 radical (unpaired) electrons. The number of hydrogen-bond acceptors (Lipinski definition) is 3. The fraction of sp³-hybridized carbons (Fsp3) is 0.235. The molecule has 0 aliphatic carbocycles. The number of nitrogens with one attached hydrogen (secondary N) is 1. The predicted molar refractivity (Wildman–Crippen MR) is 80.5 cm³/mol. The molecule has 0 aromatic heterocycles. The van der Waals surface area contributed by atoms with Crippen molar-refractivity contribution in [3.63, 3.8) is 0 Å². The summed E-state index contributed by atoms with van der Waals surface area (Å²) >= 11 is 0. The Labute approximate surface area is 127 Å². The molecule has 0 saturated heterocycles. The molecule has 1 heterocycles. The van der Waals surface area contributed by atoms with E-state index in [1.54, 1.807) is 24.3 Å². The summed E-state index contributed by atoms with van der Waals surface area (Å²) in [6, 6.07) is 12.6. The van der Waals surface area contributed by atoms with Crippen LogP contribution in [-0.2, 0) is 11.4 Å². The van der Waals surface area contributed by atoms with Crippen molar-refractivity contribution in [2.75, 3.05) is 6.54 Å². The third-order valence-electron chi connectivity index (χ3n) is 3.52. The predicted octanol–water partition coefficient (Wildman–Crippen LogP) is 3.25. The van der Waals surface area contributed by atoms with Gasteiger partial charge in [-0.15, -0.1) is 0 Å². The lowest BCUT2D eigenvalue weighted by Gasteiger charge is -2.09. The van der Waals surface area contributed by atoms with Gasteiger partial charge in [0.1, 0.15) is 17.7 Å². The molecule has 2 aromatic carbocycles. The number of hydrogen-bond donors (Lipinski definition) is 1. The second-order valence-corrected chi connectivity index (χ2v) is 5.23. The zero-order valence-electron chi connectivity index (χ0n) is 11.9. The number of oxime groups is 1. The van der Waals surface area contributed by atoms with Gasteiger partial charge in [-0.25, -0.2) is 8.78 Å². The maximum absolute atomic E-state index is 12.9. The van der Waals surface area contributed by atoms with Gasteiger partial charge in [0.25, 0.3) is 0 Å². The highest BCUT2D eigenvalue weighted by atomic mass is 19.1. The van der Waals surface area contributed by atoms with Crippen LogP contribution in [0, 0.1) is 11.6 Å². The molecule has 0 unspecified atom stereocenters. The van der Waals surface area contributed by atoms with E-state index < -0.39 is 0 Å². The van der Waals surface area contributed by atoms with Crippen LogP contribution < -0.4 is 5.32 Å². The minimum atomic E-state index is -0.263. The Kier molecular flexibility index (Phi) is 4.44. The molecule has 114 valence electrons. The fourth-order valence-corrected chi connectivity index (χ4v) is 2.33. The lowest BCUT2D eigenvalue weighted by atomic mass is 10.1. The summed E-state index contributed by atoms with van der Waals surface area (Å²) in [6.07, 6.45) is 0.641. The minimum absolute atomic E-state index is 0.0412. The molecule has 3 rings (SSSR count). The smallest absolute Gasteiger partial charge is 0.145 e. The zero-order chi connectivity index (χ0) is 15.4. The van der Waals surface area contributed by atoms with Crippen molar-refractivity contribution in [1.82, 2.24) is 5.32 Å². The molecule has 3 nitrogen and oxygen atoms in total. The zero-order valence-corrected chi connectivity index (χ0v) is 11.9. The van der Waals surface area contributed by atoms with Gasteiger partial charge in [-0.2, -0.15) is 0 Å². The normalized spacial score (nSPS) is 17.2. The molecule has 0 spiro atoms. The molecule has 2 aromatic rings. The first-order chi connectivity index (χ1) is 10.7. The monoisotopic (exact) mass is 302 g/mol. The Morgan fingerprint density at radius 1 is 1.00 bits per heavy atom. The first-order valence-electron chi connectivity index (χ1n) is 7.14. The van der Waals surface area contributed by atoms with Crippen LogP contribution in [0.3, 0.4) is 0 Å². The number of halogens is 2. The highest BCUT2D eigenvalue weighted by molar-refractivity contribution is 6.01. The third-order valence-corrected chi connectivity index (χ3v) is 3.52. The first kappa shape index (κ1) is 14.7. The molecule has 0 bridgehead atoms. The highest BCUT2D eigenvalue weighted by Gasteiger charge is 2.21. The summed E-state index contributed by atoms with van der Waals surface area (Å²) < 4.78 is 25.7. The summed E-state index contributed by atoms with van der Waals surface area (Å²) in [5, 5.41) is 7.32. The summed E-state index contributed by atoms with van der Waals surface area (Å²) in [7, 11) is 0. The van der Waals surface area contributed by atoms with Crippen molar-refractivity contribution in [3.8, 4) is 0 Å². The van der Waals surface area contributed by atoms with Crippen molar-refractivity contribution in [2.24, 2.45) is 5.16 Å². The second kappa shape index (κ2) is 6.66. The van der Waals surface area contributed by atoms with Gasteiger partial charge < -0.3 is 10.2 Å². The maximum Gasteiger partial charge on any atom is 0.145 e. The largest absolute Gasteiger partial charge is 0.390 e. The Hall–Kier alpha value is -2.27. The Morgan fingerprint density at radius 2 is 1.64 bits per heavy atom. The topological polar surface area (TPSA) is 33.6 Å². The Balaban J connectivity index is 1.46. The molecule has 5 heteroatoms. The van der Waals surface area contributed by atoms with Crippen LogP contribution in [-0.4, -0.2) is 18.4 Å². The van der Waals surface area contributed by atoms with E-state index in [0.717, 1.165) is 16.8 Å². The van der Waals surface area contributed by atoms with Gasteiger partial charge >= 0.3 is 0 Å². The van der Waals surface area contributed by atoms with Gasteiger partial charge in [0.05, 0.1) is 5.71 Å². The average molecular weight is 302 g/mol. The molecular formula is C17H16F2N2O. The van der Waals surface area contributed by atoms with Crippen LogP contribution in [0.2, 0.25) is 0 Å². The SMILES string of the molecule is Fc1ccc(CNC[C@H]2CC(c3ccc(F)cc3)=NO2)cc1. The summed E-state index contributed by atoms with van der Waals surface area (Å²) in [5.41, 5.74) is 2.72. The van der Waals surface area contributed by atoms with Crippen LogP contribution >= 0.6 is 0 Å². The van der Waals surface area contributed by atoms with Crippen LogP contribution in [0.5, 0.6) is 0 Å². The molecule has 1 aliphatic heterocycles. The first-order valence-corrected chi connectivity index (χ1v) is 7.14. The summed E-state index contributed by atoms with van der Waals surface area (Å²) in [5.74, 6) is -0.499. The molecule has 1 aliphatic rings. The number of benzene rings is 2. The van der Waals surface area contributed by atoms with Crippen molar-refractivity contribution < 1.29 is 13.6 Å². The molecule has 0 saturated carbocycles. The third kappa shape index (κ3) is 3.68. The van der Waals surface area contributed by atoms with E-state index in [2.05, 4.69) is 10.5 Å². The lowest BCUT2D eigenvalue weighted by molar-refractivity contribution is 0.0848. The fourth-order valence-electron chi connectivity index (χ4n) is 2.33. The maximum atomic E-state index is 12.9. The van der Waals surface area contributed by atoms with Gasteiger partial charge in [-0.3, -0.25) is 0 Å². The molecular weight excluding hydrogens is 286 g/mol. The lowest BCUT2D eigenvalue weighted by Crippen LogP contribution is -2.26. The van der Waals surface area contributed by atoms with Crippen molar-refractivity contribution in [2.45, 2.75) is 19.1 Å². The van der Waals surface area contributed by atoms with Crippen molar-refractivity contribution in [3.05, 3.63) is 71.3 Å². The van der Waals surface area contributed by atoms with E-state index in [0.29, 0.717) is 19.5 Å². The molecule has 0 amide bonds. The second-order valence-electron chi connectivity index (χ2n) is 5.23. The van der Waals surface area contributed by atoms with E-state index >= 15 is 0 Å². The highest BCUT2D eigenvalue weighted by Crippen LogP contribution is 2.16. The molecule has 0 fully saturated rings. The number of nitrogens with zero attached hydrogens (tertiary/aromatic N) is 1. The van der Waals surface area contributed by atoms with Crippen LogP contribution in [0.4, 0.5) is 8.78 Å². The summed E-state index contributed by atoms with van der Waals surface area (Å²) in [6.45, 7) is 1.29. The molecule has 22 heavy (non-hydrogen) atoms. The van der Waals surface area contributed by atoms with Crippen LogP contribution in [0.15, 0.2) is 53.7 Å². The van der Waals surface area contributed by atoms with Crippen LogP contribution in [0.25, 0.3) is 0 Å². The van der Waals surface area contributed by atoms with E-state index in [-0.39, 0.29) is 17.7 Å². The Morgan fingerprint density at radius 3 is 2.32 bits per heavy atom. The Bertz CT molecular complexity index is 653. The summed E-state index contributed by atoms with van der Waals surface area (Å²) in [4.78, 5) is 5.38. The quantitative estimate of drug-likeness (QED) is 0.920. The van der Waals surface area contributed by atoms with E-state index in [4.69, 9.17) is 4.84 Å². The van der Waals surface area contributed by atoms with Gasteiger partial charge in [0, 0.05) is 19.5 Å². The number of rotatable bonds is 5. The minimum Gasteiger partial charge on any atom is -0.390 e. The van der Waals surface area contributed by atoms with E-state index in [1.165, 1.54) is 24.3 Å². The van der Waals surface area contributed by atoms with Crippen LogP contribution in [0.1, 0.15) is 17.5 Å². The van der Waals surface area contributed by atoms with Crippen molar-refractivity contribution in [1.29, 1.82) is 0 Å². The van der Waals surface area contributed by atoms with Gasteiger partial charge in [-0.1, -0.05) is 29.4 Å². The van der Waals surface area contributed by atoms with Crippen molar-refractivity contribution >= 4 is 5.71 Å². The van der Waals surface area contributed by atoms with Gasteiger partial charge in [0.15, 0.2) is 0 Å². The molecule has 1 N–H and O–H groups in total. The van der Waals surface area contributed by atoms with E-state index in [9.17, 15) is 8.78 Å². The molecule has 1 atom stereocenters. The standard InChI is InChI=1S/C17H16F2N2O/c18-14-5-1-12(2-6-14)10-20-11-16-9-17(21-22-16)13-3-7-15(19)8-4-13/h1-8,16,20H,9-11H2/t16-/m1/s1. The van der Waals surface area contributed by atoms with E-state index in [1.807, 2.05) is 0 Å². The van der Waals surface area contributed by atoms with Gasteiger partial charge in [0.2, 0.25) is 0 Å².